The number of esters is 2. The van der Waals surface area contributed by atoms with Gasteiger partial charge >= 0.3 is 11.9 Å². The van der Waals surface area contributed by atoms with E-state index in [2.05, 4.69) is 13.8 Å². The van der Waals surface area contributed by atoms with Crippen LogP contribution in [-0.4, -0.2) is 75.5 Å². The van der Waals surface area contributed by atoms with Crippen LogP contribution in [-0.2, 0) is 28.6 Å². The Hall–Kier alpha value is -1.67. The molecule has 0 saturated heterocycles. The van der Waals surface area contributed by atoms with E-state index in [0.717, 1.165) is 38.5 Å². The molecule has 0 heterocycles. The Morgan fingerprint density at radius 1 is 0.473 bits per heavy atom. The van der Waals surface area contributed by atoms with Gasteiger partial charge < -0.3 is 28.6 Å². The average molecular weight is 782 g/mol. The van der Waals surface area contributed by atoms with Gasteiger partial charge in [0.05, 0.1) is 40.3 Å². The molecule has 8 nitrogen and oxygen atoms in total. The smallest absolute Gasteiger partial charge is 0.306 e. The fraction of sp³-hybridized carbons (Fsp3) is 0.936. The van der Waals surface area contributed by atoms with Crippen LogP contribution in [0.15, 0.2) is 0 Å². The van der Waals surface area contributed by atoms with Crippen molar-refractivity contribution in [2.24, 2.45) is 0 Å². The summed E-state index contributed by atoms with van der Waals surface area (Å²) < 4.78 is 17.1. The van der Waals surface area contributed by atoms with Gasteiger partial charge in [-0.3, -0.25) is 9.59 Å². The zero-order chi connectivity index (χ0) is 40.7. The molecule has 326 valence electrons. The maximum absolute atomic E-state index is 12.7. The third kappa shape index (κ3) is 37.7. The number of carboxylic acid groups (broad SMARTS) is 1. The molecule has 0 N–H and O–H groups in total. The summed E-state index contributed by atoms with van der Waals surface area (Å²) in [7, 11) is 5.41. The van der Waals surface area contributed by atoms with Crippen LogP contribution in [0.3, 0.4) is 0 Å². The molecule has 0 aromatic rings. The van der Waals surface area contributed by atoms with E-state index in [0.29, 0.717) is 12.8 Å². The molecular formula is C47H91NO7. The quantitative estimate of drug-likeness (QED) is 0.0345. The van der Waals surface area contributed by atoms with Gasteiger partial charge in [-0.25, -0.2) is 0 Å². The SMILES string of the molecule is CCCCCCCCCCCCCCCCCCCCCCCCCC(=O)OC(COCCC(C(=O)[O-])[N+](C)(C)C)COC(=O)CCCCCCCCCC. The summed E-state index contributed by atoms with van der Waals surface area (Å²) in [6, 6.07) is -0.718. The summed E-state index contributed by atoms with van der Waals surface area (Å²) in [5, 5.41) is 11.6. The second-order valence-corrected chi connectivity index (χ2v) is 17.4. The van der Waals surface area contributed by atoms with Crippen molar-refractivity contribution in [2.75, 3.05) is 41.0 Å². The first-order chi connectivity index (χ1) is 26.6. The van der Waals surface area contributed by atoms with Crippen molar-refractivity contribution in [1.82, 2.24) is 0 Å². The molecule has 8 heteroatoms. The Morgan fingerprint density at radius 2 is 0.800 bits per heavy atom. The average Bonchev–Trinajstić information content (AvgIpc) is 3.14. The third-order valence-electron chi connectivity index (χ3n) is 11.0. The fourth-order valence-corrected chi connectivity index (χ4v) is 7.31. The number of hydrogen-bond donors (Lipinski definition) is 0. The van der Waals surface area contributed by atoms with Gasteiger partial charge in [0.1, 0.15) is 12.6 Å². The molecule has 0 aromatic carbocycles. The summed E-state index contributed by atoms with van der Waals surface area (Å²) >= 11 is 0. The molecule has 0 aliphatic carbocycles. The van der Waals surface area contributed by atoms with Gasteiger partial charge in [-0.1, -0.05) is 200 Å². The van der Waals surface area contributed by atoms with Crippen LogP contribution < -0.4 is 5.11 Å². The number of hydrogen-bond acceptors (Lipinski definition) is 7. The molecular weight excluding hydrogens is 691 g/mol. The van der Waals surface area contributed by atoms with Crippen molar-refractivity contribution >= 4 is 17.9 Å². The predicted molar refractivity (Wildman–Crippen MR) is 227 cm³/mol. The predicted octanol–water partition coefficient (Wildman–Crippen LogP) is 11.6. The van der Waals surface area contributed by atoms with E-state index in [4.69, 9.17) is 14.2 Å². The van der Waals surface area contributed by atoms with E-state index in [1.54, 1.807) is 21.1 Å². The van der Waals surface area contributed by atoms with E-state index in [1.807, 2.05) is 0 Å². The number of nitrogens with zero attached hydrogens (tertiary/aromatic N) is 1. The summed E-state index contributed by atoms with van der Waals surface area (Å²) in [4.78, 5) is 36.7. The van der Waals surface area contributed by atoms with Crippen LogP contribution in [0, 0.1) is 0 Å². The standard InChI is InChI=1S/C47H91NO7/c1-6-8-10-12-14-16-17-18-19-20-21-22-23-24-25-26-27-28-29-30-32-34-36-38-46(50)55-43(41-53-40-39-44(47(51)52)48(3,4)5)42-54-45(49)37-35-33-31-15-13-11-9-7-2/h43-44H,6-42H2,1-5H3. The van der Waals surface area contributed by atoms with Crippen molar-refractivity contribution in [2.45, 2.75) is 244 Å². The Balaban J connectivity index is 4.08. The molecule has 2 atom stereocenters. The molecule has 0 spiro atoms. The van der Waals surface area contributed by atoms with Crippen LogP contribution in [0.1, 0.15) is 232 Å². The fourth-order valence-electron chi connectivity index (χ4n) is 7.31. The molecule has 55 heavy (non-hydrogen) atoms. The number of rotatable bonds is 43. The van der Waals surface area contributed by atoms with Crippen molar-refractivity contribution in [3.63, 3.8) is 0 Å². The maximum atomic E-state index is 12.7. The number of carbonyl (C=O) groups is 3. The molecule has 0 bridgehead atoms. The van der Waals surface area contributed by atoms with E-state index in [1.165, 1.54) is 161 Å². The van der Waals surface area contributed by atoms with Crippen molar-refractivity contribution in [3.8, 4) is 0 Å². The van der Waals surface area contributed by atoms with Crippen molar-refractivity contribution < 1.29 is 38.2 Å². The molecule has 0 aromatic heterocycles. The van der Waals surface area contributed by atoms with E-state index >= 15 is 0 Å². The Kier molecular flexibility index (Phi) is 38.0. The first-order valence-electron chi connectivity index (χ1n) is 23.6. The molecule has 0 aliphatic rings. The topological polar surface area (TPSA) is 102 Å². The van der Waals surface area contributed by atoms with Crippen LogP contribution in [0.5, 0.6) is 0 Å². The van der Waals surface area contributed by atoms with Gasteiger partial charge in [0.2, 0.25) is 0 Å². The van der Waals surface area contributed by atoms with Gasteiger partial charge in [0.15, 0.2) is 6.10 Å². The number of likely N-dealkylation sites (N-methyl/N-ethyl adjacent to an activating group) is 1. The zero-order valence-electron chi connectivity index (χ0n) is 37.1. The van der Waals surface area contributed by atoms with Crippen LogP contribution in [0.2, 0.25) is 0 Å². The minimum Gasteiger partial charge on any atom is -0.544 e. The number of carbonyl (C=O) groups excluding carboxylic acids is 3. The molecule has 0 rings (SSSR count). The van der Waals surface area contributed by atoms with Crippen LogP contribution in [0.25, 0.3) is 0 Å². The number of unbranched alkanes of at least 4 members (excludes halogenated alkanes) is 29. The highest BCUT2D eigenvalue weighted by Gasteiger charge is 2.25. The third-order valence-corrected chi connectivity index (χ3v) is 11.0. The molecule has 0 radical (unpaired) electrons. The first-order valence-corrected chi connectivity index (χ1v) is 23.6. The lowest BCUT2D eigenvalue weighted by molar-refractivity contribution is -0.889. The number of ether oxygens (including phenoxy) is 3. The Bertz CT molecular complexity index is 874. The number of quaternary nitrogens is 1. The Morgan fingerprint density at radius 3 is 1.13 bits per heavy atom. The molecule has 0 amide bonds. The van der Waals surface area contributed by atoms with E-state index < -0.39 is 18.1 Å². The lowest BCUT2D eigenvalue weighted by Gasteiger charge is -2.34. The van der Waals surface area contributed by atoms with E-state index in [9.17, 15) is 19.5 Å². The highest BCUT2D eigenvalue weighted by atomic mass is 16.6. The van der Waals surface area contributed by atoms with Crippen molar-refractivity contribution in [3.05, 3.63) is 0 Å². The normalized spacial score (nSPS) is 12.8. The highest BCUT2D eigenvalue weighted by Crippen LogP contribution is 2.17. The zero-order valence-corrected chi connectivity index (χ0v) is 37.1. The van der Waals surface area contributed by atoms with Gasteiger partial charge in [0, 0.05) is 19.3 Å². The lowest BCUT2D eigenvalue weighted by Crippen LogP contribution is -2.55. The Labute approximate surface area is 340 Å². The molecule has 0 aliphatic heterocycles. The monoisotopic (exact) mass is 782 g/mol. The van der Waals surface area contributed by atoms with Gasteiger partial charge in [-0.15, -0.1) is 0 Å². The minimum atomic E-state index is -1.12. The summed E-state index contributed by atoms with van der Waals surface area (Å²) in [6.07, 6.45) is 40.1. The van der Waals surface area contributed by atoms with E-state index in [-0.39, 0.29) is 42.7 Å². The van der Waals surface area contributed by atoms with Gasteiger partial charge in [-0.05, 0) is 12.8 Å². The first kappa shape index (κ1) is 53.3. The van der Waals surface area contributed by atoms with Gasteiger partial charge in [0.25, 0.3) is 0 Å². The highest BCUT2D eigenvalue weighted by molar-refractivity contribution is 5.70. The molecule has 2 unspecified atom stereocenters. The summed E-state index contributed by atoms with van der Waals surface area (Å²) in [5.41, 5.74) is 0. The van der Waals surface area contributed by atoms with Crippen LogP contribution in [0.4, 0.5) is 0 Å². The number of aliphatic carboxylic acids is 1. The second-order valence-electron chi connectivity index (χ2n) is 17.4. The van der Waals surface area contributed by atoms with Gasteiger partial charge in [-0.2, -0.15) is 0 Å². The molecule has 0 fully saturated rings. The lowest BCUT2D eigenvalue weighted by atomic mass is 10.0. The van der Waals surface area contributed by atoms with Crippen LogP contribution >= 0.6 is 0 Å². The number of carboxylic acids is 1. The second kappa shape index (κ2) is 39.2. The minimum absolute atomic E-state index is 0.0487. The summed E-state index contributed by atoms with van der Waals surface area (Å²) in [6.45, 7) is 4.67. The molecule has 0 saturated carbocycles. The van der Waals surface area contributed by atoms with Crippen molar-refractivity contribution in [1.29, 1.82) is 0 Å². The largest absolute Gasteiger partial charge is 0.544 e. The maximum Gasteiger partial charge on any atom is 0.306 e. The summed E-state index contributed by atoms with van der Waals surface area (Å²) in [5.74, 6) is -1.72.